The van der Waals surface area contributed by atoms with Crippen LogP contribution in [0, 0.1) is 12.7 Å². The Morgan fingerprint density at radius 3 is 2.65 bits per heavy atom. The smallest absolute Gasteiger partial charge is 0.123 e. The van der Waals surface area contributed by atoms with E-state index in [0.29, 0.717) is 0 Å². The molecule has 1 rings (SSSR count). The highest BCUT2D eigenvalue weighted by atomic mass is 19.1. The average Bonchev–Trinajstić information content (AvgIpc) is 2.25. The summed E-state index contributed by atoms with van der Waals surface area (Å²) in [7, 11) is 4.00. The van der Waals surface area contributed by atoms with Crippen LogP contribution in [0.5, 0.6) is 0 Å². The van der Waals surface area contributed by atoms with Gasteiger partial charge in [-0.15, -0.1) is 0 Å². The Kier molecular flexibility index (Phi) is 5.55. The number of nitrogens with zero attached hydrogens (tertiary/aromatic N) is 1. The fourth-order valence-corrected chi connectivity index (χ4v) is 1.77. The Balaban J connectivity index is 2.66. The molecule has 0 aliphatic rings. The molecule has 0 aliphatic carbocycles. The summed E-state index contributed by atoms with van der Waals surface area (Å²) < 4.78 is 13.0. The fraction of sp³-hybridized carbons (Fsp3) is 0.538. The third kappa shape index (κ3) is 4.42. The maximum atomic E-state index is 13.0. The Morgan fingerprint density at radius 2 is 2.12 bits per heavy atom. The second-order valence-electron chi connectivity index (χ2n) is 4.49. The van der Waals surface area contributed by atoms with Gasteiger partial charge in [0.25, 0.3) is 0 Å². The molecule has 1 aromatic rings. The van der Waals surface area contributed by atoms with Crippen LogP contribution in [-0.2, 0) is 0 Å². The topological polar surface area (TPSA) is 35.5 Å². The van der Waals surface area contributed by atoms with Crippen molar-refractivity contribution in [2.24, 2.45) is 0 Å². The molecule has 0 heterocycles. The standard InChI is InChI=1S/C13H21FN2O/c1-10-8-11(14)4-5-12(10)13(9-17)15-6-7-16(2)3/h4-5,8,13,15,17H,6-7,9H2,1-3H3. The second kappa shape index (κ2) is 6.69. The zero-order valence-corrected chi connectivity index (χ0v) is 10.7. The van der Waals surface area contributed by atoms with E-state index in [1.54, 1.807) is 6.07 Å². The molecular formula is C13H21FN2O. The van der Waals surface area contributed by atoms with Crippen molar-refractivity contribution in [3.05, 3.63) is 35.1 Å². The zero-order chi connectivity index (χ0) is 12.8. The quantitative estimate of drug-likeness (QED) is 0.787. The van der Waals surface area contributed by atoms with Crippen molar-refractivity contribution in [1.82, 2.24) is 10.2 Å². The molecule has 2 N–H and O–H groups in total. The molecule has 4 heteroatoms. The number of benzene rings is 1. The van der Waals surface area contributed by atoms with E-state index in [-0.39, 0.29) is 18.5 Å². The van der Waals surface area contributed by atoms with Gasteiger partial charge in [0.05, 0.1) is 12.6 Å². The number of nitrogens with one attached hydrogen (secondary N) is 1. The number of likely N-dealkylation sites (N-methyl/N-ethyl adjacent to an activating group) is 1. The van der Waals surface area contributed by atoms with Gasteiger partial charge >= 0.3 is 0 Å². The van der Waals surface area contributed by atoms with E-state index in [0.717, 1.165) is 24.2 Å². The molecule has 0 aromatic heterocycles. The van der Waals surface area contributed by atoms with Crippen LogP contribution >= 0.6 is 0 Å². The van der Waals surface area contributed by atoms with E-state index in [9.17, 15) is 9.50 Å². The van der Waals surface area contributed by atoms with E-state index in [4.69, 9.17) is 0 Å². The number of aliphatic hydroxyl groups excluding tert-OH is 1. The van der Waals surface area contributed by atoms with Crippen LogP contribution in [0.25, 0.3) is 0 Å². The molecule has 1 unspecified atom stereocenters. The van der Waals surface area contributed by atoms with E-state index < -0.39 is 0 Å². The fourth-order valence-electron chi connectivity index (χ4n) is 1.77. The van der Waals surface area contributed by atoms with E-state index in [1.807, 2.05) is 21.0 Å². The largest absolute Gasteiger partial charge is 0.394 e. The summed E-state index contributed by atoms with van der Waals surface area (Å²) in [5.74, 6) is -0.240. The summed E-state index contributed by atoms with van der Waals surface area (Å²) in [5.41, 5.74) is 1.81. The van der Waals surface area contributed by atoms with Gasteiger partial charge in [0.15, 0.2) is 0 Å². The predicted molar refractivity (Wildman–Crippen MR) is 67.5 cm³/mol. The minimum atomic E-state index is -0.240. The molecule has 17 heavy (non-hydrogen) atoms. The van der Waals surface area contributed by atoms with Crippen LogP contribution < -0.4 is 5.32 Å². The van der Waals surface area contributed by atoms with Gasteiger partial charge in [0, 0.05) is 13.1 Å². The first-order valence-corrected chi connectivity index (χ1v) is 5.79. The van der Waals surface area contributed by atoms with E-state index in [1.165, 1.54) is 12.1 Å². The van der Waals surface area contributed by atoms with Crippen LogP contribution in [0.1, 0.15) is 17.2 Å². The summed E-state index contributed by atoms with van der Waals surface area (Å²) in [4.78, 5) is 2.07. The lowest BCUT2D eigenvalue weighted by Crippen LogP contribution is -2.31. The van der Waals surface area contributed by atoms with Crippen molar-refractivity contribution in [2.75, 3.05) is 33.8 Å². The van der Waals surface area contributed by atoms with Crippen LogP contribution in [0.2, 0.25) is 0 Å². The monoisotopic (exact) mass is 240 g/mol. The van der Waals surface area contributed by atoms with E-state index >= 15 is 0 Å². The first-order chi connectivity index (χ1) is 8.04. The lowest BCUT2D eigenvalue weighted by molar-refractivity contribution is 0.240. The highest BCUT2D eigenvalue weighted by Crippen LogP contribution is 2.18. The Hall–Kier alpha value is -0.970. The number of rotatable bonds is 6. The maximum Gasteiger partial charge on any atom is 0.123 e. The molecule has 0 fully saturated rings. The second-order valence-corrected chi connectivity index (χ2v) is 4.49. The van der Waals surface area contributed by atoms with Gasteiger partial charge in [-0.25, -0.2) is 4.39 Å². The van der Waals surface area contributed by atoms with Gasteiger partial charge in [-0.2, -0.15) is 0 Å². The van der Waals surface area contributed by atoms with Crippen LogP contribution in [0.3, 0.4) is 0 Å². The molecule has 0 radical (unpaired) electrons. The number of hydrogen-bond acceptors (Lipinski definition) is 3. The van der Waals surface area contributed by atoms with Gasteiger partial charge in [0.2, 0.25) is 0 Å². The predicted octanol–water partition coefficient (Wildman–Crippen LogP) is 1.32. The van der Waals surface area contributed by atoms with Crippen molar-refractivity contribution in [1.29, 1.82) is 0 Å². The summed E-state index contributed by atoms with van der Waals surface area (Å²) in [5, 5.41) is 12.6. The molecule has 3 nitrogen and oxygen atoms in total. The van der Waals surface area contributed by atoms with E-state index in [2.05, 4.69) is 10.2 Å². The zero-order valence-electron chi connectivity index (χ0n) is 10.7. The van der Waals surface area contributed by atoms with Crippen LogP contribution in [0.4, 0.5) is 4.39 Å². The molecule has 0 bridgehead atoms. The SMILES string of the molecule is Cc1cc(F)ccc1C(CO)NCCN(C)C. The van der Waals surface area contributed by atoms with Gasteiger partial charge in [-0.05, 0) is 44.3 Å². The minimum absolute atomic E-state index is 0.0138. The molecule has 0 saturated heterocycles. The highest BCUT2D eigenvalue weighted by molar-refractivity contribution is 5.29. The molecule has 96 valence electrons. The molecule has 1 aromatic carbocycles. The first-order valence-electron chi connectivity index (χ1n) is 5.79. The molecule has 0 saturated carbocycles. The normalized spacial score (nSPS) is 13.1. The summed E-state index contributed by atoms with van der Waals surface area (Å²) in [6.07, 6.45) is 0. The maximum absolute atomic E-state index is 13.0. The molecule has 0 spiro atoms. The third-order valence-electron chi connectivity index (χ3n) is 2.74. The summed E-state index contributed by atoms with van der Waals surface area (Å²) >= 11 is 0. The first kappa shape index (κ1) is 14.1. The van der Waals surface area contributed by atoms with Gasteiger partial charge < -0.3 is 15.3 Å². The molecule has 0 aliphatic heterocycles. The van der Waals surface area contributed by atoms with Gasteiger partial charge in [-0.1, -0.05) is 6.07 Å². The van der Waals surface area contributed by atoms with Crippen LogP contribution in [-0.4, -0.2) is 43.8 Å². The highest BCUT2D eigenvalue weighted by Gasteiger charge is 2.12. The van der Waals surface area contributed by atoms with Crippen molar-refractivity contribution < 1.29 is 9.50 Å². The molecule has 1 atom stereocenters. The number of aliphatic hydroxyl groups is 1. The Bertz CT molecular complexity index is 355. The minimum Gasteiger partial charge on any atom is -0.394 e. The summed E-state index contributed by atoms with van der Waals surface area (Å²) in [6.45, 7) is 3.56. The van der Waals surface area contributed by atoms with Crippen molar-refractivity contribution >= 4 is 0 Å². The number of halogens is 1. The Morgan fingerprint density at radius 1 is 1.41 bits per heavy atom. The Labute approximate surface area is 102 Å². The molecule has 0 amide bonds. The third-order valence-corrected chi connectivity index (χ3v) is 2.74. The average molecular weight is 240 g/mol. The number of aryl methyl sites for hydroxylation is 1. The molecular weight excluding hydrogens is 219 g/mol. The van der Waals surface area contributed by atoms with Crippen molar-refractivity contribution in [3.8, 4) is 0 Å². The van der Waals surface area contributed by atoms with Gasteiger partial charge in [-0.3, -0.25) is 0 Å². The number of hydrogen-bond donors (Lipinski definition) is 2. The lowest BCUT2D eigenvalue weighted by Gasteiger charge is -2.20. The lowest BCUT2D eigenvalue weighted by atomic mass is 10.0. The van der Waals surface area contributed by atoms with Crippen molar-refractivity contribution in [3.63, 3.8) is 0 Å². The van der Waals surface area contributed by atoms with Crippen LogP contribution in [0.15, 0.2) is 18.2 Å². The summed E-state index contributed by atoms with van der Waals surface area (Å²) in [6, 6.07) is 4.52. The van der Waals surface area contributed by atoms with Crippen molar-refractivity contribution in [2.45, 2.75) is 13.0 Å². The van der Waals surface area contributed by atoms with Gasteiger partial charge in [0.1, 0.15) is 5.82 Å².